The van der Waals surface area contributed by atoms with Gasteiger partial charge >= 0.3 is 0 Å². The van der Waals surface area contributed by atoms with E-state index in [1.54, 1.807) is 13.2 Å². The molecule has 0 saturated carbocycles. The van der Waals surface area contributed by atoms with Crippen molar-refractivity contribution < 1.29 is 9.13 Å². The van der Waals surface area contributed by atoms with E-state index in [1.807, 2.05) is 40.7 Å². The molecule has 0 spiro atoms. The van der Waals surface area contributed by atoms with Crippen LogP contribution in [0.4, 0.5) is 4.39 Å². The van der Waals surface area contributed by atoms with E-state index in [2.05, 4.69) is 5.32 Å². The van der Waals surface area contributed by atoms with Crippen LogP contribution in [0.15, 0.2) is 12.1 Å². The Morgan fingerprint density at radius 1 is 1.32 bits per heavy atom. The van der Waals surface area contributed by atoms with Gasteiger partial charge in [0.2, 0.25) is 0 Å². The molecule has 19 heavy (non-hydrogen) atoms. The molecule has 0 saturated heterocycles. The quantitative estimate of drug-likeness (QED) is 0.843. The van der Waals surface area contributed by atoms with Gasteiger partial charge in [0.25, 0.3) is 0 Å². The number of halogens is 1. The molecule has 108 valence electrons. The summed E-state index contributed by atoms with van der Waals surface area (Å²) in [6, 6.07) is 3.61. The van der Waals surface area contributed by atoms with Gasteiger partial charge in [-0.05, 0) is 57.9 Å². The lowest BCUT2D eigenvalue weighted by atomic mass is 9.90. The van der Waals surface area contributed by atoms with E-state index < -0.39 is 0 Å². The number of ether oxygens (including phenoxy) is 1. The van der Waals surface area contributed by atoms with Crippen LogP contribution in [0.25, 0.3) is 0 Å². The molecule has 0 aliphatic heterocycles. The molecule has 0 bridgehead atoms. The summed E-state index contributed by atoms with van der Waals surface area (Å²) in [5.74, 6) is -0.129. The van der Waals surface area contributed by atoms with Crippen LogP contribution in [-0.4, -0.2) is 19.3 Å². The number of rotatable bonds is 6. The van der Waals surface area contributed by atoms with Gasteiger partial charge in [-0.3, -0.25) is 0 Å². The molecule has 1 N–H and O–H groups in total. The lowest BCUT2D eigenvalue weighted by molar-refractivity contribution is 0.00667. The third-order valence-electron chi connectivity index (χ3n) is 3.53. The molecular weight excluding hydrogens is 241 g/mol. The highest BCUT2D eigenvalue weighted by Gasteiger charge is 2.26. The van der Waals surface area contributed by atoms with Gasteiger partial charge in [-0.15, -0.1) is 0 Å². The first-order valence-corrected chi connectivity index (χ1v) is 6.86. The molecule has 0 heterocycles. The summed E-state index contributed by atoms with van der Waals surface area (Å²) in [4.78, 5) is 0. The molecule has 1 aromatic rings. The molecule has 1 rings (SSSR count). The molecule has 3 heteroatoms. The first kappa shape index (κ1) is 16.1. The summed E-state index contributed by atoms with van der Waals surface area (Å²) in [5, 5.41) is 3.37. The van der Waals surface area contributed by atoms with Crippen molar-refractivity contribution in [2.75, 3.05) is 13.7 Å². The van der Waals surface area contributed by atoms with Gasteiger partial charge in [0, 0.05) is 18.7 Å². The number of hydrogen-bond donors (Lipinski definition) is 1. The van der Waals surface area contributed by atoms with E-state index in [9.17, 15) is 4.39 Å². The maximum Gasteiger partial charge on any atom is 0.128 e. The zero-order valence-electron chi connectivity index (χ0n) is 12.9. The van der Waals surface area contributed by atoms with Crippen molar-refractivity contribution in [1.29, 1.82) is 0 Å². The number of methoxy groups -OCH3 is 1. The van der Waals surface area contributed by atoms with Crippen molar-refractivity contribution in [1.82, 2.24) is 5.32 Å². The number of hydrogen-bond acceptors (Lipinski definition) is 2. The molecule has 1 aromatic carbocycles. The van der Waals surface area contributed by atoms with Crippen LogP contribution in [0.1, 0.15) is 49.9 Å². The lowest BCUT2D eigenvalue weighted by Gasteiger charge is -2.30. The zero-order valence-corrected chi connectivity index (χ0v) is 12.9. The second-order valence-corrected chi connectivity index (χ2v) is 5.76. The van der Waals surface area contributed by atoms with Crippen LogP contribution in [0, 0.1) is 19.7 Å². The van der Waals surface area contributed by atoms with Crippen LogP contribution in [-0.2, 0) is 4.74 Å². The minimum atomic E-state index is -0.281. The summed E-state index contributed by atoms with van der Waals surface area (Å²) in [6.07, 6.45) is 0.734. The van der Waals surface area contributed by atoms with Crippen molar-refractivity contribution in [2.45, 2.75) is 52.7 Å². The third-order valence-corrected chi connectivity index (χ3v) is 3.53. The molecule has 1 unspecified atom stereocenters. The maximum absolute atomic E-state index is 14.3. The zero-order chi connectivity index (χ0) is 14.6. The van der Waals surface area contributed by atoms with Gasteiger partial charge in [0.15, 0.2) is 0 Å². The van der Waals surface area contributed by atoms with Gasteiger partial charge in [0.05, 0.1) is 5.60 Å². The van der Waals surface area contributed by atoms with Crippen LogP contribution in [0.3, 0.4) is 0 Å². The minimum absolute atomic E-state index is 0.0273. The Hall–Kier alpha value is -0.930. The van der Waals surface area contributed by atoms with E-state index in [4.69, 9.17) is 4.74 Å². The Kier molecular flexibility index (Phi) is 5.50. The first-order valence-electron chi connectivity index (χ1n) is 6.86. The van der Waals surface area contributed by atoms with Crippen molar-refractivity contribution in [3.8, 4) is 0 Å². The minimum Gasteiger partial charge on any atom is -0.379 e. The van der Waals surface area contributed by atoms with Crippen molar-refractivity contribution in [3.63, 3.8) is 0 Å². The van der Waals surface area contributed by atoms with Crippen LogP contribution in [0.5, 0.6) is 0 Å². The Balaban J connectivity index is 3.12. The molecule has 0 radical (unpaired) electrons. The third kappa shape index (κ3) is 4.29. The highest BCUT2D eigenvalue weighted by atomic mass is 19.1. The number of aryl methyl sites for hydroxylation is 2. The Labute approximate surface area is 116 Å². The topological polar surface area (TPSA) is 21.3 Å². The molecule has 1 atom stereocenters. The van der Waals surface area contributed by atoms with Gasteiger partial charge < -0.3 is 10.1 Å². The smallest absolute Gasteiger partial charge is 0.128 e. The predicted octanol–water partition coefficient (Wildman–Crippen LogP) is 3.91. The van der Waals surface area contributed by atoms with Crippen LogP contribution in [0.2, 0.25) is 0 Å². The molecule has 0 aromatic heterocycles. The van der Waals surface area contributed by atoms with E-state index in [1.165, 1.54) is 0 Å². The normalized spacial score (nSPS) is 13.6. The van der Waals surface area contributed by atoms with Gasteiger partial charge in [-0.25, -0.2) is 4.39 Å². The molecule has 2 nitrogen and oxygen atoms in total. The Morgan fingerprint density at radius 2 is 1.95 bits per heavy atom. The van der Waals surface area contributed by atoms with Crippen LogP contribution >= 0.6 is 0 Å². The highest BCUT2D eigenvalue weighted by Crippen LogP contribution is 2.30. The lowest BCUT2D eigenvalue weighted by Crippen LogP contribution is -2.33. The van der Waals surface area contributed by atoms with E-state index in [0.717, 1.165) is 29.7 Å². The fraction of sp³-hybridized carbons (Fsp3) is 0.625. The molecular formula is C16H26FNO. The monoisotopic (exact) mass is 267 g/mol. The SMILES string of the molecule is CCNC(CC(C)(C)OC)c1c(C)cc(C)cc1F. The van der Waals surface area contributed by atoms with E-state index in [0.29, 0.717) is 0 Å². The highest BCUT2D eigenvalue weighted by molar-refractivity contribution is 5.34. The van der Waals surface area contributed by atoms with E-state index >= 15 is 0 Å². The first-order chi connectivity index (χ1) is 8.80. The summed E-state index contributed by atoms with van der Waals surface area (Å²) < 4.78 is 19.8. The largest absolute Gasteiger partial charge is 0.379 e. The average molecular weight is 267 g/mol. The molecule has 0 fully saturated rings. The van der Waals surface area contributed by atoms with Crippen molar-refractivity contribution in [2.24, 2.45) is 0 Å². The number of benzene rings is 1. The molecule has 0 aliphatic carbocycles. The Morgan fingerprint density at radius 3 is 2.42 bits per heavy atom. The fourth-order valence-corrected chi connectivity index (χ4v) is 2.47. The van der Waals surface area contributed by atoms with E-state index in [-0.39, 0.29) is 17.5 Å². The van der Waals surface area contributed by atoms with Gasteiger partial charge in [-0.2, -0.15) is 0 Å². The van der Waals surface area contributed by atoms with Crippen LogP contribution < -0.4 is 5.32 Å². The summed E-state index contributed by atoms with van der Waals surface area (Å²) in [5.41, 5.74) is 2.43. The standard InChI is InChI=1S/C16H26FNO/c1-7-18-14(10-16(4,5)19-6)15-12(3)8-11(2)9-13(15)17/h8-9,14,18H,7,10H2,1-6H3. The second-order valence-electron chi connectivity index (χ2n) is 5.76. The summed E-state index contributed by atoms with van der Waals surface area (Å²) >= 11 is 0. The number of nitrogens with one attached hydrogen (secondary N) is 1. The second kappa shape index (κ2) is 6.49. The van der Waals surface area contributed by atoms with Gasteiger partial charge in [0.1, 0.15) is 5.82 Å². The van der Waals surface area contributed by atoms with Gasteiger partial charge in [-0.1, -0.05) is 13.0 Å². The molecule has 0 aliphatic rings. The molecule has 0 amide bonds. The van der Waals surface area contributed by atoms with Crippen molar-refractivity contribution in [3.05, 3.63) is 34.6 Å². The predicted molar refractivity (Wildman–Crippen MR) is 78.0 cm³/mol. The average Bonchev–Trinajstić information content (AvgIpc) is 2.27. The fourth-order valence-electron chi connectivity index (χ4n) is 2.47. The maximum atomic E-state index is 14.3. The van der Waals surface area contributed by atoms with Crippen molar-refractivity contribution >= 4 is 0 Å². The Bertz CT molecular complexity index is 406. The summed E-state index contributed by atoms with van der Waals surface area (Å²) in [6.45, 7) is 10.8. The summed E-state index contributed by atoms with van der Waals surface area (Å²) in [7, 11) is 1.70.